The predicted molar refractivity (Wildman–Crippen MR) is 60.5 cm³/mol. The molecule has 0 spiro atoms. The van der Waals surface area contributed by atoms with Crippen LogP contribution in [0.4, 0.5) is 10.2 Å². The van der Waals surface area contributed by atoms with Gasteiger partial charge in [-0.05, 0) is 32.0 Å². The van der Waals surface area contributed by atoms with Crippen LogP contribution in [-0.2, 0) is 0 Å². The quantitative estimate of drug-likeness (QED) is 0.812. The molecule has 0 aliphatic carbocycles. The van der Waals surface area contributed by atoms with Crippen molar-refractivity contribution in [1.29, 1.82) is 0 Å². The van der Waals surface area contributed by atoms with Crippen LogP contribution in [0.2, 0.25) is 0 Å². The van der Waals surface area contributed by atoms with Gasteiger partial charge in [-0.2, -0.15) is 0 Å². The number of benzene rings is 1. The van der Waals surface area contributed by atoms with Crippen molar-refractivity contribution < 1.29 is 4.39 Å². The number of hydrogen-bond acceptors (Lipinski definition) is 2. The fourth-order valence-electron chi connectivity index (χ4n) is 1.49. The van der Waals surface area contributed by atoms with Crippen LogP contribution in [-0.4, -0.2) is 11.0 Å². The first-order chi connectivity index (χ1) is 7.16. The van der Waals surface area contributed by atoms with Crippen LogP contribution < -0.4 is 5.32 Å². The van der Waals surface area contributed by atoms with Gasteiger partial charge in [0.2, 0.25) is 0 Å². The molecule has 78 valence electrons. The lowest BCUT2D eigenvalue weighted by atomic mass is 10.2. The van der Waals surface area contributed by atoms with Crippen molar-refractivity contribution >= 4 is 16.7 Å². The summed E-state index contributed by atoms with van der Waals surface area (Å²) >= 11 is 0. The predicted octanol–water partition coefficient (Wildman–Crippen LogP) is 3.19. The number of rotatable bonds is 2. The lowest BCUT2D eigenvalue weighted by molar-refractivity contribution is 0.637. The van der Waals surface area contributed by atoms with E-state index in [1.54, 1.807) is 6.07 Å². The standard InChI is InChI=1S/C12H13FN2/c1-8(2)14-11-7-6-9-4-3-5-10(13)12(9)15-11/h3-8H,1-2H3,(H,14,15). The maximum absolute atomic E-state index is 13.4. The summed E-state index contributed by atoms with van der Waals surface area (Å²) < 4.78 is 13.4. The Labute approximate surface area is 88.1 Å². The molecule has 2 aromatic rings. The van der Waals surface area contributed by atoms with Crippen molar-refractivity contribution in [2.45, 2.75) is 19.9 Å². The lowest BCUT2D eigenvalue weighted by Crippen LogP contribution is -2.10. The molecule has 1 aromatic carbocycles. The van der Waals surface area contributed by atoms with E-state index in [0.717, 1.165) is 5.39 Å². The van der Waals surface area contributed by atoms with Gasteiger partial charge < -0.3 is 5.32 Å². The van der Waals surface area contributed by atoms with E-state index in [2.05, 4.69) is 10.3 Å². The number of para-hydroxylation sites is 1. The SMILES string of the molecule is CC(C)Nc1ccc2cccc(F)c2n1. The molecule has 0 bridgehead atoms. The number of pyridine rings is 1. The maximum atomic E-state index is 13.4. The van der Waals surface area contributed by atoms with Crippen molar-refractivity contribution in [3.8, 4) is 0 Å². The Bertz CT molecular complexity index is 480. The van der Waals surface area contributed by atoms with Gasteiger partial charge in [0.15, 0.2) is 0 Å². The van der Waals surface area contributed by atoms with E-state index in [0.29, 0.717) is 17.4 Å². The number of anilines is 1. The van der Waals surface area contributed by atoms with Gasteiger partial charge in [0.1, 0.15) is 17.2 Å². The molecule has 0 unspecified atom stereocenters. The lowest BCUT2D eigenvalue weighted by Gasteiger charge is -2.09. The summed E-state index contributed by atoms with van der Waals surface area (Å²) in [6, 6.07) is 8.99. The second-order valence-corrected chi connectivity index (χ2v) is 3.81. The average Bonchev–Trinajstić information content (AvgIpc) is 2.18. The number of halogens is 1. The molecule has 1 N–H and O–H groups in total. The van der Waals surface area contributed by atoms with Gasteiger partial charge in [-0.1, -0.05) is 12.1 Å². The highest BCUT2D eigenvalue weighted by Crippen LogP contribution is 2.18. The molecule has 2 nitrogen and oxygen atoms in total. The number of hydrogen-bond donors (Lipinski definition) is 1. The van der Waals surface area contributed by atoms with E-state index in [1.165, 1.54) is 6.07 Å². The Morgan fingerprint density at radius 1 is 1.20 bits per heavy atom. The Morgan fingerprint density at radius 3 is 2.73 bits per heavy atom. The number of nitrogens with one attached hydrogen (secondary N) is 1. The maximum Gasteiger partial charge on any atom is 0.149 e. The molecule has 2 rings (SSSR count). The van der Waals surface area contributed by atoms with Crippen molar-refractivity contribution in [2.24, 2.45) is 0 Å². The Morgan fingerprint density at radius 2 is 2.00 bits per heavy atom. The largest absolute Gasteiger partial charge is 0.368 e. The molecule has 0 amide bonds. The van der Waals surface area contributed by atoms with E-state index >= 15 is 0 Å². The number of nitrogens with zero attached hydrogens (tertiary/aromatic N) is 1. The molecule has 0 aliphatic rings. The highest BCUT2D eigenvalue weighted by atomic mass is 19.1. The molecular formula is C12H13FN2. The summed E-state index contributed by atoms with van der Waals surface area (Å²) in [7, 11) is 0. The summed E-state index contributed by atoms with van der Waals surface area (Å²) in [4.78, 5) is 4.23. The Hall–Kier alpha value is -1.64. The van der Waals surface area contributed by atoms with E-state index in [1.807, 2.05) is 32.0 Å². The monoisotopic (exact) mass is 204 g/mol. The van der Waals surface area contributed by atoms with Crippen molar-refractivity contribution in [3.05, 3.63) is 36.1 Å². The molecule has 0 saturated carbocycles. The summed E-state index contributed by atoms with van der Waals surface area (Å²) in [5, 5.41) is 3.97. The molecule has 3 heteroatoms. The van der Waals surface area contributed by atoms with Crippen LogP contribution in [0, 0.1) is 5.82 Å². The third-order valence-corrected chi connectivity index (χ3v) is 2.11. The summed E-state index contributed by atoms with van der Waals surface area (Å²) in [6.45, 7) is 4.04. The molecule has 0 atom stereocenters. The summed E-state index contributed by atoms with van der Waals surface area (Å²) in [5.74, 6) is 0.433. The smallest absolute Gasteiger partial charge is 0.149 e. The third-order valence-electron chi connectivity index (χ3n) is 2.11. The van der Waals surface area contributed by atoms with Crippen LogP contribution in [0.25, 0.3) is 10.9 Å². The summed E-state index contributed by atoms with van der Waals surface area (Å²) in [5.41, 5.74) is 0.420. The molecule has 1 aromatic heterocycles. The summed E-state index contributed by atoms with van der Waals surface area (Å²) in [6.07, 6.45) is 0. The van der Waals surface area contributed by atoms with Gasteiger partial charge in [0.25, 0.3) is 0 Å². The van der Waals surface area contributed by atoms with Crippen LogP contribution in [0.1, 0.15) is 13.8 Å². The minimum atomic E-state index is -0.278. The van der Waals surface area contributed by atoms with E-state index in [-0.39, 0.29) is 5.82 Å². The van der Waals surface area contributed by atoms with Crippen LogP contribution >= 0.6 is 0 Å². The first-order valence-electron chi connectivity index (χ1n) is 4.98. The molecule has 1 heterocycles. The zero-order valence-electron chi connectivity index (χ0n) is 8.79. The van der Waals surface area contributed by atoms with Crippen molar-refractivity contribution in [1.82, 2.24) is 4.98 Å². The van der Waals surface area contributed by atoms with Gasteiger partial charge in [0, 0.05) is 11.4 Å². The van der Waals surface area contributed by atoms with E-state index < -0.39 is 0 Å². The second-order valence-electron chi connectivity index (χ2n) is 3.81. The molecule has 0 radical (unpaired) electrons. The molecular weight excluding hydrogens is 191 g/mol. The Balaban J connectivity index is 2.50. The highest BCUT2D eigenvalue weighted by molar-refractivity contribution is 5.80. The number of aromatic nitrogens is 1. The zero-order valence-corrected chi connectivity index (χ0v) is 8.79. The van der Waals surface area contributed by atoms with E-state index in [9.17, 15) is 4.39 Å². The van der Waals surface area contributed by atoms with Gasteiger partial charge >= 0.3 is 0 Å². The van der Waals surface area contributed by atoms with Crippen LogP contribution in [0.3, 0.4) is 0 Å². The van der Waals surface area contributed by atoms with Crippen LogP contribution in [0.15, 0.2) is 30.3 Å². The first kappa shape index (κ1) is 9.90. The van der Waals surface area contributed by atoms with Gasteiger partial charge in [-0.3, -0.25) is 0 Å². The van der Waals surface area contributed by atoms with Gasteiger partial charge in [-0.25, -0.2) is 9.37 Å². The highest BCUT2D eigenvalue weighted by Gasteiger charge is 2.03. The van der Waals surface area contributed by atoms with Crippen LogP contribution in [0.5, 0.6) is 0 Å². The topological polar surface area (TPSA) is 24.9 Å². The first-order valence-corrected chi connectivity index (χ1v) is 4.98. The normalized spacial score (nSPS) is 10.9. The molecule has 0 fully saturated rings. The number of fused-ring (bicyclic) bond motifs is 1. The Kier molecular flexibility index (Phi) is 2.54. The van der Waals surface area contributed by atoms with Gasteiger partial charge in [-0.15, -0.1) is 0 Å². The van der Waals surface area contributed by atoms with Crippen molar-refractivity contribution in [3.63, 3.8) is 0 Å². The van der Waals surface area contributed by atoms with E-state index in [4.69, 9.17) is 0 Å². The minimum absolute atomic E-state index is 0.278. The second kappa shape index (κ2) is 3.85. The van der Waals surface area contributed by atoms with Crippen molar-refractivity contribution in [2.75, 3.05) is 5.32 Å². The third kappa shape index (κ3) is 2.06. The average molecular weight is 204 g/mol. The fraction of sp³-hybridized carbons (Fsp3) is 0.250. The molecule has 0 aliphatic heterocycles. The van der Waals surface area contributed by atoms with Gasteiger partial charge in [0.05, 0.1) is 0 Å². The molecule has 15 heavy (non-hydrogen) atoms. The minimum Gasteiger partial charge on any atom is -0.368 e. The fourth-order valence-corrected chi connectivity index (χ4v) is 1.49. The molecule has 0 saturated heterocycles. The zero-order chi connectivity index (χ0) is 10.8.